The molecule has 0 aliphatic carbocycles. The Balaban J connectivity index is 0.00000121. The summed E-state index contributed by atoms with van der Waals surface area (Å²) >= 11 is 0. The number of ether oxygens (including phenoxy) is 1. The first-order chi connectivity index (χ1) is 5.43. The third-order valence-corrected chi connectivity index (χ3v) is 1.87. The van der Waals surface area contributed by atoms with Gasteiger partial charge in [-0.05, 0) is 0 Å². The molecule has 0 aromatic rings. The van der Waals surface area contributed by atoms with Crippen molar-refractivity contribution in [1.82, 2.24) is 4.90 Å². The Bertz CT molecular complexity index is 138. The molecule has 1 fully saturated rings. The van der Waals surface area contributed by atoms with E-state index in [4.69, 9.17) is 11.3 Å². The summed E-state index contributed by atoms with van der Waals surface area (Å²) in [5.74, 6) is 0. The fourth-order valence-electron chi connectivity index (χ4n) is 1.21. The second kappa shape index (κ2) is 7.04. The van der Waals surface area contributed by atoms with Gasteiger partial charge in [0.1, 0.15) is 0 Å². The lowest BCUT2D eigenvalue weighted by atomic mass is 10.3. The molecule has 1 aliphatic rings. The number of morpholine rings is 1. The summed E-state index contributed by atoms with van der Waals surface area (Å²) in [5.41, 5.74) is 0. The highest BCUT2D eigenvalue weighted by atomic mass is 16.5. The Morgan fingerprint density at radius 3 is 2.58 bits per heavy atom. The summed E-state index contributed by atoms with van der Waals surface area (Å²) in [4.78, 5) is 5.95. The average molecular weight is 172 g/mol. The first kappa shape index (κ1) is 11.4. The van der Waals surface area contributed by atoms with Gasteiger partial charge in [-0.1, -0.05) is 4.85 Å². The van der Waals surface area contributed by atoms with E-state index in [1.54, 1.807) is 0 Å². The first-order valence-corrected chi connectivity index (χ1v) is 4.10. The SMILES string of the molecule is C#[N+]CCCN1CCOCC1.[OH-]. The van der Waals surface area contributed by atoms with Gasteiger partial charge in [0, 0.05) is 26.1 Å². The van der Waals surface area contributed by atoms with Crippen LogP contribution in [0.25, 0.3) is 4.85 Å². The zero-order chi connectivity index (χ0) is 7.94. The molecule has 12 heavy (non-hydrogen) atoms. The molecule has 0 aromatic carbocycles. The molecule has 0 amide bonds. The van der Waals surface area contributed by atoms with Crippen molar-refractivity contribution in [3.05, 3.63) is 4.85 Å². The highest BCUT2D eigenvalue weighted by Crippen LogP contribution is 1.97. The summed E-state index contributed by atoms with van der Waals surface area (Å²) in [7, 11) is 0. The normalized spacial score (nSPS) is 17.9. The minimum absolute atomic E-state index is 0. The van der Waals surface area contributed by atoms with Gasteiger partial charge in [0.05, 0.1) is 13.2 Å². The minimum Gasteiger partial charge on any atom is -0.870 e. The molecule has 0 spiro atoms. The lowest BCUT2D eigenvalue weighted by Crippen LogP contribution is -2.36. The van der Waals surface area contributed by atoms with Gasteiger partial charge in [-0.15, -0.1) is 0 Å². The maximum Gasteiger partial charge on any atom is 0.264 e. The second-order valence-corrected chi connectivity index (χ2v) is 2.71. The van der Waals surface area contributed by atoms with Crippen LogP contribution in [0.15, 0.2) is 0 Å². The number of hydrogen-bond acceptors (Lipinski definition) is 3. The van der Waals surface area contributed by atoms with Gasteiger partial charge >= 0.3 is 0 Å². The Morgan fingerprint density at radius 1 is 1.33 bits per heavy atom. The largest absolute Gasteiger partial charge is 0.870 e. The van der Waals surface area contributed by atoms with Crippen LogP contribution in [0.1, 0.15) is 6.42 Å². The molecule has 70 valence electrons. The van der Waals surface area contributed by atoms with Crippen LogP contribution < -0.4 is 0 Å². The van der Waals surface area contributed by atoms with Crippen LogP contribution in [0.5, 0.6) is 0 Å². The predicted octanol–water partition coefficient (Wildman–Crippen LogP) is 0.495. The van der Waals surface area contributed by atoms with Gasteiger partial charge in [0.25, 0.3) is 13.1 Å². The van der Waals surface area contributed by atoms with Gasteiger partial charge in [-0.3, -0.25) is 4.90 Å². The van der Waals surface area contributed by atoms with Gasteiger partial charge in [-0.2, -0.15) is 0 Å². The summed E-state index contributed by atoms with van der Waals surface area (Å²) in [5, 5.41) is 0. The third-order valence-electron chi connectivity index (χ3n) is 1.87. The molecule has 1 N–H and O–H groups in total. The van der Waals surface area contributed by atoms with E-state index in [0.717, 1.165) is 45.8 Å². The third kappa shape index (κ3) is 4.29. The van der Waals surface area contributed by atoms with E-state index >= 15 is 0 Å². The van der Waals surface area contributed by atoms with Crippen LogP contribution in [0.4, 0.5) is 0 Å². The summed E-state index contributed by atoms with van der Waals surface area (Å²) in [6.07, 6.45) is 1.07. The number of nitrogens with zero attached hydrogens (tertiary/aromatic N) is 2. The Hall–Kier alpha value is -0.630. The van der Waals surface area contributed by atoms with Crippen LogP contribution >= 0.6 is 0 Å². The van der Waals surface area contributed by atoms with Crippen molar-refractivity contribution in [2.24, 2.45) is 0 Å². The predicted molar refractivity (Wildman–Crippen MR) is 47.0 cm³/mol. The first-order valence-electron chi connectivity index (χ1n) is 4.10. The zero-order valence-electron chi connectivity index (χ0n) is 7.28. The van der Waals surface area contributed by atoms with E-state index in [1.165, 1.54) is 0 Å². The molecule has 0 saturated carbocycles. The quantitative estimate of drug-likeness (QED) is 0.582. The fourth-order valence-corrected chi connectivity index (χ4v) is 1.21. The molecule has 0 radical (unpaired) electrons. The molecule has 1 rings (SSSR count). The van der Waals surface area contributed by atoms with Crippen LogP contribution in [0.3, 0.4) is 0 Å². The topological polar surface area (TPSA) is 46.8 Å². The van der Waals surface area contributed by atoms with Crippen molar-refractivity contribution in [2.45, 2.75) is 6.42 Å². The van der Waals surface area contributed by atoms with Gasteiger partial charge in [0.15, 0.2) is 0 Å². The molecule has 0 atom stereocenters. The molecule has 1 saturated heterocycles. The van der Waals surface area contributed by atoms with Crippen molar-refractivity contribution in [1.29, 1.82) is 0 Å². The monoisotopic (exact) mass is 172 g/mol. The highest BCUT2D eigenvalue weighted by Gasteiger charge is 2.09. The van der Waals surface area contributed by atoms with E-state index < -0.39 is 0 Å². The number of hydrogen-bond donors (Lipinski definition) is 0. The maximum absolute atomic E-state index is 5.22. The summed E-state index contributed by atoms with van der Waals surface area (Å²) in [6.45, 7) is 10.8. The Morgan fingerprint density at radius 2 is 2.00 bits per heavy atom. The van der Waals surface area contributed by atoms with E-state index in [2.05, 4.69) is 9.74 Å². The molecular weight excluding hydrogens is 156 g/mol. The molecule has 1 aliphatic heterocycles. The second-order valence-electron chi connectivity index (χ2n) is 2.71. The summed E-state index contributed by atoms with van der Waals surface area (Å²) in [6, 6.07) is 0. The fraction of sp³-hybridized carbons (Fsp3) is 0.875. The van der Waals surface area contributed by atoms with Crippen molar-refractivity contribution in [3.63, 3.8) is 0 Å². The van der Waals surface area contributed by atoms with E-state index in [-0.39, 0.29) is 5.48 Å². The lowest BCUT2D eigenvalue weighted by Gasteiger charge is -2.25. The maximum atomic E-state index is 5.22. The van der Waals surface area contributed by atoms with Gasteiger partial charge in [-0.25, -0.2) is 0 Å². The molecule has 0 aromatic heterocycles. The zero-order valence-corrected chi connectivity index (χ0v) is 7.28. The molecule has 0 bridgehead atoms. The van der Waals surface area contributed by atoms with E-state index in [1.807, 2.05) is 0 Å². The van der Waals surface area contributed by atoms with Crippen LogP contribution in [0, 0.1) is 6.57 Å². The molecule has 0 unspecified atom stereocenters. The van der Waals surface area contributed by atoms with E-state index in [0.29, 0.717) is 0 Å². The molecule has 4 nitrogen and oxygen atoms in total. The Kier molecular flexibility index (Phi) is 6.67. The van der Waals surface area contributed by atoms with Crippen molar-refractivity contribution in [2.75, 3.05) is 39.4 Å². The smallest absolute Gasteiger partial charge is 0.264 e. The lowest BCUT2D eigenvalue weighted by molar-refractivity contribution is 0.0379. The van der Waals surface area contributed by atoms with Gasteiger partial charge in [0.2, 0.25) is 0 Å². The van der Waals surface area contributed by atoms with Crippen molar-refractivity contribution < 1.29 is 10.2 Å². The standard InChI is InChI=1S/C8H15N2O.H2O/c1-9-3-2-4-10-5-7-11-8-6-10;/h1H,2-8H2;1H2/q+1;/p-1. The van der Waals surface area contributed by atoms with Crippen LogP contribution in [-0.4, -0.2) is 49.8 Å². The minimum atomic E-state index is 0. The highest BCUT2D eigenvalue weighted by molar-refractivity contribution is 4.68. The average Bonchev–Trinajstić information content (AvgIpc) is 2.07. The van der Waals surface area contributed by atoms with Gasteiger partial charge < -0.3 is 10.2 Å². The summed E-state index contributed by atoms with van der Waals surface area (Å²) < 4.78 is 5.22. The number of rotatable bonds is 3. The van der Waals surface area contributed by atoms with Crippen LogP contribution in [-0.2, 0) is 4.74 Å². The van der Waals surface area contributed by atoms with Crippen molar-refractivity contribution >= 4 is 0 Å². The van der Waals surface area contributed by atoms with Crippen molar-refractivity contribution in [3.8, 4) is 6.57 Å². The molecular formula is C8H16N2O2. The van der Waals surface area contributed by atoms with E-state index in [9.17, 15) is 0 Å². The van der Waals surface area contributed by atoms with Crippen LogP contribution in [0.2, 0.25) is 0 Å². The Labute approximate surface area is 73.2 Å². The molecule has 4 heteroatoms. The molecule has 1 heterocycles.